The maximum absolute atomic E-state index is 5.35. The van der Waals surface area contributed by atoms with Gasteiger partial charge in [0.2, 0.25) is 0 Å². The van der Waals surface area contributed by atoms with Crippen LogP contribution in [0.5, 0.6) is 5.75 Å². The summed E-state index contributed by atoms with van der Waals surface area (Å²) in [6.45, 7) is 11.9. The minimum Gasteiger partial charge on any atom is -0.381 e. The van der Waals surface area contributed by atoms with Gasteiger partial charge in [0.25, 0.3) is 0 Å². The molecule has 2 heteroatoms. The Labute approximate surface area is 108 Å². The number of rotatable bonds is 3. The van der Waals surface area contributed by atoms with Gasteiger partial charge in [-0.3, -0.25) is 0 Å². The van der Waals surface area contributed by atoms with Crippen molar-refractivity contribution < 1.29 is 4.84 Å². The van der Waals surface area contributed by atoms with E-state index in [9.17, 15) is 0 Å². The highest BCUT2D eigenvalue weighted by Crippen LogP contribution is 2.32. The molecule has 0 spiro atoms. The fraction of sp³-hybridized carbons (Fsp3) is 0.125. The highest BCUT2D eigenvalue weighted by atomic mass is 16.7. The maximum Gasteiger partial charge on any atom is 0.165 e. The molecule has 0 bridgehead atoms. The van der Waals surface area contributed by atoms with Crippen molar-refractivity contribution >= 4 is 11.3 Å². The van der Waals surface area contributed by atoms with Crippen LogP contribution >= 0.6 is 0 Å². The van der Waals surface area contributed by atoms with Gasteiger partial charge in [0, 0.05) is 5.56 Å². The molecule has 0 unspecified atom stereocenters. The number of hydrogen-bond donors (Lipinski definition) is 1. The molecule has 0 fully saturated rings. The van der Waals surface area contributed by atoms with Crippen molar-refractivity contribution in [2.24, 2.45) is 0 Å². The molecular formula is C16H17NO. The van der Waals surface area contributed by atoms with Crippen LogP contribution in [0.1, 0.15) is 25.0 Å². The third kappa shape index (κ3) is 2.38. The molecule has 2 rings (SSSR count). The third-order valence-electron chi connectivity index (χ3n) is 2.74. The lowest BCUT2D eigenvalue weighted by molar-refractivity contribution is 0.272. The zero-order chi connectivity index (χ0) is 13.1. The smallest absolute Gasteiger partial charge is 0.165 e. The van der Waals surface area contributed by atoms with E-state index in [1.165, 1.54) is 5.57 Å². The van der Waals surface area contributed by atoms with Gasteiger partial charge < -0.3 is 4.84 Å². The molecule has 0 radical (unpaired) electrons. The number of benzene rings is 1. The minimum atomic E-state index is 0.796. The van der Waals surface area contributed by atoms with E-state index in [-0.39, 0.29) is 0 Å². The van der Waals surface area contributed by atoms with Crippen LogP contribution in [0.4, 0.5) is 0 Å². The molecular weight excluding hydrogens is 222 g/mol. The summed E-state index contributed by atoms with van der Waals surface area (Å²) in [5.74, 6) is 0.808. The molecule has 0 aromatic heterocycles. The molecule has 18 heavy (non-hydrogen) atoms. The average Bonchev–Trinajstić information content (AvgIpc) is 2.71. The molecule has 1 N–H and O–H groups in total. The Kier molecular flexibility index (Phi) is 3.38. The second-order valence-electron chi connectivity index (χ2n) is 4.46. The van der Waals surface area contributed by atoms with Crippen molar-refractivity contribution in [3.8, 4) is 5.75 Å². The molecule has 0 saturated carbocycles. The monoisotopic (exact) mass is 239 g/mol. The van der Waals surface area contributed by atoms with E-state index < -0.39 is 0 Å². The Bertz CT molecular complexity index is 560. The number of nitrogens with one attached hydrogen (secondary N) is 1. The molecule has 0 atom stereocenters. The summed E-state index contributed by atoms with van der Waals surface area (Å²) in [4.78, 5) is 5.35. The van der Waals surface area contributed by atoms with Gasteiger partial charge in [-0.05, 0) is 37.1 Å². The van der Waals surface area contributed by atoms with E-state index in [2.05, 4.69) is 44.6 Å². The Balaban J connectivity index is 2.40. The quantitative estimate of drug-likeness (QED) is 0.802. The van der Waals surface area contributed by atoms with Crippen LogP contribution in [0.3, 0.4) is 0 Å². The number of allylic oxidation sites excluding steroid dienone is 5. The largest absolute Gasteiger partial charge is 0.381 e. The predicted molar refractivity (Wildman–Crippen MR) is 76.8 cm³/mol. The summed E-state index contributed by atoms with van der Waals surface area (Å²) in [5, 5.41) is 0. The van der Waals surface area contributed by atoms with Crippen molar-refractivity contribution in [1.29, 1.82) is 0 Å². The average molecular weight is 239 g/mol. The summed E-state index contributed by atoms with van der Waals surface area (Å²) >= 11 is 0. The molecule has 92 valence electrons. The Morgan fingerprint density at radius 2 is 2.06 bits per heavy atom. The summed E-state index contributed by atoms with van der Waals surface area (Å²) in [5.41, 5.74) is 7.97. The van der Waals surface area contributed by atoms with Crippen LogP contribution in [0, 0.1) is 0 Å². The zero-order valence-corrected chi connectivity index (χ0v) is 10.8. The van der Waals surface area contributed by atoms with E-state index in [0.29, 0.717) is 0 Å². The van der Waals surface area contributed by atoms with Gasteiger partial charge in [0.15, 0.2) is 5.75 Å². The number of fused-ring (bicyclic) bond motifs is 1. The van der Waals surface area contributed by atoms with Crippen molar-refractivity contribution in [3.63, 3.8) is 0 Å². The predicted octanol–water partition coefficient (Wildman–Crippen LogP) is 4.09. The molecule has 1 aliphatic heterocycles. The van der Waals surface area contributed by atoms with Crippen molar-refractivity contribution in [3.05, 3.63) is 66.3 Å². The van der Waals surface area contributed by atoms with Crippen LogP contribution in [0.2, 0.25) is 0 Å². The van der Waals surface area contributed by atoms with Gasteiger partial charge in [0.05, 0.1) is 5.70 Å². The van der Waals surface area contributed by atoms with Gasteiger partial charge in [-0.15, -0.1) is 0 Å². The molecule has 1 aliphatic rings. The van der Waals surface area contributed by atoms with Gasteiger partial charge >= 0.3 is 0 Å². The third-order valence-corrected chi connectivity index (χ3v) is 2.74. The fourth-order valence-electron chi connectivity index (χ4n) is 1.75. The van der Waals surface area contributed by atoms with Gasteiger partial charge in [-0.2, -0.15) is 0 Å². The lowest BCUT2D eigenvalue weighted by atomic mass is 10.0. The first kappa shape index (κ1) is 12.2. The lowest BCUT2D eigenvalue weighted by Gasteiger charge is -2.03. The SMILES string of the molecule is C=C/C(=C\C=C(C)C)c1ccc2c(c1)ONC2=C. The van der Waals surface area contributed by atoms with Crippen molar-refractivity contribution in [2.75, 3.05) is 0 Å². The maximum atomic E-state index is 5.35. The molecule has 1 aromatic rings. The zero-order valence-electron chi connectivity index (χ0n) is 10.8. The highest BCUT2D eigenvalue weighted by Gasteiger charge is 2.16. The van der Waals surface area contributed by atoms with Crippen LogP contribution in [0.25, 0.3) is 11.3 Å². The molecule has 1 aromatic carbocycles. The van der Waals surface area contributed by atoms with Crippen molar-refractivity contribution in [2.45, 2.75) is 13.8 Å². The summed E-state index contributed by atoms with van der Waals surface area (Å²) in [6.07, 6.45) is 5.97. The van der Waals surface area contributed by atoms with Crippen LogP contribution < -0.4 is 10.3 Å². The first-order valence-electron chi connectivity index (χ1n) is 5.86. The Morgan fingerprint density at radius 1 is 1.28 bits per heavy atom. The summed E-state index contributed by atoms with van der Waals surface area (Å²) in [6, 6.07) is 6.05. The van der Waals surface area contributed by atoms with Crippen LogP contribution in [0.15, 0.2) is 55.2 Å². The number of hydroxylamine groups is 1. The Hall–Kier alpha value is -2.22. The molecule has 0 amide bonds. The molecule has 1 heterocycles. The Morgan fingerprint density at radius 3 is 2.72 bits per heavy atom. The lowest BCUT2D eigenvalue weighted by Crippen LogP contribution is -2.06. The molecule has 0 aliphatic carbocycles. The number of hydrogen-bond acceptors (Lipinski definition) is 2. The van der Waals surface area contributed by atoms with E-state index in [0.717, 1.165) is 28.1 Å². The first-order chi connectivity index (χ1) is 8.61. The van der Waals surface area contributed by atoms with Gasteiger partial charge in [-0.1, -0.05) is 43.0 Å². The second kappa shape index (κ2) is 4.96. The first-order valence-corrected chi connectivity index (χ1v) is 5.86. The summed E-state index contributed by atoms with van der Waals surface area (Å²) in [7, 11) is 0. The van der Waals surface area contributed by atoms with Gasteiger partial charge in [0.1, 0.15) is 0 Å². The van der Waals surface area contributed by atoms with E-state index >= 15 is 0 Å². The summed E-state index contributed by atoms with van der Waals surface area (Å²) < 4.78 is 0. The van der Waals surface area contributed by atoms with E-state index in [1.807, 2.05) is 24.3 Å². The molecule has 2 nitrogen and oxygen atoms in total. The minimum absolute atomic E-state index is 0.796. The highest BCUT2D eigenvalue weighted by molar-refractivity contribution is 5.79. The van der Waals surface area contributed by atoms with Crippen molar-refractivity contribution in [1.82, 2.24) is 5.48 Å². The van der Waals surface area contributed by atoms with Crippen LogP contribution in [-0.4, -0.2) is 0 Å². The van der Waals surface area contributed by atoms with Gasteiger partial charge in [-0.25, -0.2) is 5.48 Å². The normalized spacial score (nSPS) is 13.4. The van der Waals surface area contributed by atoms with E-state index in [1.54, 1.807) is 0 Å². The second-order valence-corrected chi connectivity index (χ2v) is 4.46. The molecule has 0 saturated heterocycles. The topological polar surface area (TPSA) is 21.3 Å². The fourth-order valence-corrected chi connectivity index (χ4v) is 1.75. The standard InChI is InChI=1S/C16H17NO/c1-5-13(7-6-11(2)3)14-8-9-15-12(4)17-18-16(15)10-14/h5-10,17H,1,4H2,2-3H3/b13-7+. The van der Waals surface area contributed by atoms with Crippen LogP contribution in [-0.2, 0) is 0 Å². The van der Waals surface area contributed by atoms with E-state index in [4.69, 9.17) is 4.84 Å².